The summed E-state index contributed by atoms with van der Waals surface area (Å²) in [6.07, 6.45) is 2.59. The van der Waals surface area contributed by atoms with E-state index in [1.54, 1.807) is 6.08 Å². The summed E-state index contributed by atoms with van der Waals surface area (Å²) >= 11 is 0. The molecule has 0 aromatic carbocycles. The molecule has 1 N–H and O–H groups in total. The highest BCUT2D eigenvalue weighted by atomic mass is 16.6. The Morgan fingerprint density at radius 2 is 2.60 bits per heavy atom. The number of rotatable bonds is 2. The quantitative estimate of drug-likeness (QED) is 0.344. The van der Waals surface area contributed by atoms with Crippen LogP contribution in [0.1, 0.15) is 12.8 Å². The maximum absolute atomic E-state index is 9.95. The molecule has 4 heteroatoms. The minimum absolute atomic E-state index is 0.207. The summed E-state index contributed by atoms with van der Waals surface area (Å²) in [6.45, 7) is -0.207. The molecule has 0 spiro atoms. The molecule has 0 bridgehead atoms. The molecule has 0 aromatic rings. The minimum atomic E-state index is -0.564. The first-order valence-electron chi connectivity index (χ1n) is 3.19. The Kier molecular flexibility index (Phi) is 2.01. The number of hydrogen-bond acceptors (Lipinski definition) is 3. The maximum Gasteiger partial charge on any atom is 0.227 e. The second-order valence-electron chi connectivity index (χ2n) is 2.36. The largest absolute Gasteiger partial charge is 0.388 e. The summed E-state index contributed by atoms with van der Waals surface area (Å²) in [7, 11) is 0. The van der Waals surface area contributed by atoms with E-state index in [2.05, 4.69) is 0 Å². The maximum atomic E-state index is 9.95. The standard InChI is InChI=1S/C6H9NO3/c8-6-3-1-2-5(6)4-7(9)10/h2,6,8H,1,3-4H2. The zero-order valence-electron chi connectivity index (χ0n) is 5.49. The van der Waals surface area contributed by atoms with E-state index in [1.165, 1.54) is 0 Å². The molecule has 4 nitrogen and oxygen atoms in total. The third-order valence-electron chi connectivity index (χ3n) is 1.59. The number of aliphatic hydroxyl groups excluding tert-OH is 1. The van der Waals surface area contributed by atoms with Crippen LogP contribution in [0.3, 0.4) is 0 Å². The number of nitrogens with zero attached hydrogens (tertiary/aromatic N) is 1. The van der Waals surface area contributed by atoms with Crippen LogP contribution in [0.5, 0.6) is 0 Å². The average Bonchev–Trinajstić information content (AvgIpc) is 2.15. The van der Waals surface area contributed by atoms with Crippen molar-refractivity contribution in [3.05, 3.63) is 21.8 Å². The molecule has 1 rings (SSSR count). The topological polar surface area (TPSA) is 63.4 Å². The molecule has 1 unspecified atom stereocenters. The molecule has 0 aromatic heterocycles. The molecule has 10 heavy (non-hydrogen) atoms. The van der Waals surface area contributed by atoms with Gasteiger partial charge in [0.05, 0.1) is 6.10 Å². The van der Waals surface area contributed by atoms with Gasteiger partial charge in [0.25, 0.3) is 0 Å². The van der Waals surface area contributed by atoms with E-state index < -0.39 is 11.0 Å². The SMILES string of the molecule is O=[N+]([O-])CC1=CCCC1O. The lowest BCUT2D eigenvalue weighted by molar-refractivity contribution is -0.471. The molecule has 0 radical (unpaired) electrons. The van der Waals surface area contributed by atoms with Crippen molar-refractivity contribution in [3.63, 3.8) is 0 Å². The number of allylic oxidation sites excluding steroid dienone is 1. The number of hydrogen-bond donors (Lipinski definition) is 1. The van der Waals surface area contributed by atoms with Gasteiger partial charge in [-0.3, -0.25) is 10.1 Å². The van der Waals surface area contributed by atoms with Gasteiger partial charge in [-0.05, 0) is 12.8 Å². The van der Waals surface area contributed by atoms with Crippen LogP contribution in [0.4, 0.5) is 0 Å². The lowest BCUT2D eigenvalue weighted by atomic mass is 10.2. The van der Waals surface area contributed by atoms with Crippen LogP contribution in [0, 0.1) is 10.1 Å². The zero-order valence-corrected chi connectivity index (χ0v) is 5.49. The van der Waals surface area contributed by atoms with Gasteiger partial charge in [-0.25, -0.2) is 0 Å². The van der Waals surface area contributed by atoms with Gasteiger partial charge < -0.3 is 5.11 Å². The van der Waals surface area contributed by atoms with E-state index in [0.717, 1.165) is 6.42 Å². The molecule has 56 valence electrons. The highest BCUT2D eigenvalue weighted by molar-refractivity contribution is 5.13. The summed E-state index contributed by atoms with van der Waals surface area (Å²) in [4.78, 5) is 9.54. The Balaban J connectivity index is 2.47. The van der Waals surface area contributed by atoms with Crippen LogP contribution < -0.4 is 0 Å². The minimum Gasteiger partial charge on any atom is -0.388 e. The van der Waals surface area contributed by atoms with E-state index in [9.17, 15) is 10.1 Å². The highest BCUT2D eigenvalue weighted by Crippen LogP contribution is 2.17. The van der Waals surface area contributed by atoms with Gasteiger partial charge in [0.15, 0.2) is 0 Å². The molecule has 0 saturated carbocycles. The first-order valence-corrected chi connectivity index (χ1v) is 3.19. The smallest absolute Gasteiger partial charge is 0.227 e. The van der Waals surface area contributed by atoms with Gasteiger partial charge in [0.1, 0.15) is 0 Å². The third-order valence-corrected chi connectivity index (χ3v) is 1.59. The summed E-state index contributed by atoms with van der Waals surface area (Å²) < 4.78 is 0. The van der Waals surface area contributed by atoms with Crippen molar-refractivity contribution in [1.82, 2.24) is 0 Å². The monoisotopic (exact) mass is 143 g/mol. The molecule has 0 fully saturated rings. The molecule has 0 heterocycles. The van der Waals surface area contributed by atoms with E-state index in [0.29, 0.717) is 12.0 Å². The molecule has 1 atom stereocenters. The van der Waals surface area contributed by atoms with Crippen molar-refractivity contribution in [2.45, 2.75) is 18.9 Å². The summed E-state index contributed by atoms with van der Waals surface area (Å²) in [5.74, 6) is 0. The van der Waals surface area contributed by atoms with Crippen molar-refractivity contribution in [1.29, 1.82) is 0 Å². The van der Waals surface area contributed by atoms with Gasteiger partial charge in [-0.1, -0.05) is 6.08 Å². The van der Waals surface area contributed by atoms with Crippen LogP contribution in [0.25, 0.3) is 0 Å². The molecule has 0 aliphatic heterocycles. The van der Waals surface area contributed by atoms with Gasteiger partial charge >= 0.3 is 0 Å². The highest BCUT2D eigenvalue weighted by Gasteiger charge is 2.19. The van der Waals surface area contributed by atoms with Gasteiger partial charge in [0.2, 0.25) is 6.54 Å². The second kappa shape index (κ2) is 2.79. The summed E-state index contributed by atoms with van der Waals surface area (Å²) in [5, 5.41) is 19.0. The van der Waals surface area contributed by atoms with Crippen LogP contribution in [0.2, 0.25) is 0 Å². The lowest BCUT2D eigenvalue weighted by Crippen LogP contribution is -2.13. The van der Waals surface area contributed by atoms with Crippen LogP contribution in [0.15, 0.2) is 11.6 Å². The van der Waals surface area contributed by atoms with Crippen molar-refractivity contribution in [3.8, 4) is 0 Å². The normalized spacial score (nSPS) is 24.5. The van der Waals surface area contributed by atoms with E-state index >= 15 is 0 Å². The molecule has 0 saturated heterocycles. The Bertz CT molecular complexity index is 176. The Labute approximate surface area is 58.3 Å². The first kappa shape index (κ1) is 7.21. The summed E-state index contributed by atoms with van der Waals surface area (Å²) in [5.41, 5.74) is 0.560. The zero-order chi connectivity index (χ0) is 7.56. The van der Waals surface area contributed by atoms with Gasteiger partial charge in [-0.15, -0.1) is 0 Å². The van der Waals surface area contributed by atoms with E-state index in [1.807, 2.05) is 0 Å². The fraction of sp³-hybridized carbons (Fsp3) is 0.667. The Morgan fingerprint density at radius 1 is 1.90 bits per heavy atom. The molecular weight excluding hydrogens is 134 g/mol. The Morgan fingerprint density at radius 3 is 3.00 bits per heavy atom. The second-order valence-corrected chi connectivity index (χ2v) is 2.36. The van der Waals surface area contributed by atoms with E-state index in [4.69, 9.17) is 5.11 Å². The molecular formula is C6H9NO3. The van der Waals surface area contributed by atoms with Gasteiger partial charge in [-0.2, -0.15) is 0 Å². The average molecular weight is 143 g/mol. The van der Waals surface area contributed by atoms with Crippen molar-refractivity contribution in [2.75, 3.05) is 6.54 Å². The predicted octanol–water partition coefficient (Wildman–Crippen LogP) is 0.344. The van der Waals surface area contributed by atoms with Crippen LogP contribution >= 0.6 is 0 Å². The van der Waals surface area contributed by atoms with Crippen LogP contribution in [-0.2, 0) is 0 Å². The molecule has 0 amide bonds. The number of nitro groups is 1. The van der Waals surface area contributed by atoms with Gasteiger partial charge in [0, 0.05) is 10.5 Å². The molecule has 1 aliphatic rings. The fourth-order valence-electron chi connectivity index (χ4n) is 1.07. The lowest BCUT2D eigenvalue weighted by Gasteiger charge is -2.01. The van der Waals surface area contributed by atoms with Crippen LogP contribution in [-0.4, -0.2) is 22.7 Å². The van der Waals surface area contributed by atoms with Crippen molar-refractivity contribution in [2.24, 2.45) is 0 Å². The fourth-order valence-corrected chi connectivity index (χ4v) is 1.07. The number of aliphatic hydroxyl groups is 1. The Hall–Kier alpha value is -0.900. The first-order chi connectivity index (χ1) is 4.70. The molecule has 1 aliphatic carbocycles. The van der Waals surface area contributed by atoms with Crippen molar-refractivity contribution < 1.29 is 10.0 Å². The predicted molar refractivity (Wildman–Crippen MR) is 35.2 cm³/mol. The van der Waals surface area contributed by atoms with Crippen molar-refractivity contribution >= 4 is 0 Å². The van der Waals surface area contributed by atoms with E-state index in [-0.39, 0.29) is 6.54 Å². The third kappa shape index (κ3) is 1.54. The summed E-state index contributed by atoms with van der Waals surface area (Å²) in [6, 6.07) is 0.